The molecule has 0 aromatic carbocycles. The molecule has 3 aromatic heterocycles. The maximum atomic E-state index is 5.49. The highest BCUT2D eigenvalue weighted by molar-refractivity contribution is 5.56. The number of nitrogens with zero attached hydrogens (tertiary/aromatic N) is 5. The molecule has 17 heavy (non-hydrogen) atoms. The molecule has 0 saturated carbocycles. The number of nitrogens with one attached hydrogen (secondary N) is 1. The van der Waals surface area contributed by atoms with Gasteiger partial charge in [0.25, 0.3) is 5.89 Å². The van der Waals surface area contributed by atoms with Gasteiger partial charge in [-0.05, 0) is 12.1 Å². The number of rotatable bonds is 2. The summed E-state index contributed by atoms with van der Waals surface area (Å²) in [7, 11) is 0. The fourth-order valence-corrected chi connectivity index (χ4v) is 1.29. The lowest BCUT2D eigenvalue weighted by molar-refractivity contribution is 0.432. The Morgan fingerprint density at radius 2 is 2.18 bits per heavy atom. The summed E-state index contributed by atoms with van der Waals surface area (Å²) in [4.78, 5) is 8.11. The summed E-state index contributed by atoms with van der Waals surface area (Å²) in [6.07, 6.45) is 3.07. The van der Waals surface area contributed by atoms with E-state index in [-0.39, 0.29) is 0 Å². The van der Waals surface area contributed by atoms with Gasteiger partial charge in [-0.3, -0.25) is 0 Å². The van der Waals surface area contributed by atoms with Crippen molar-refractivity contribution >= 4 is 5.82 Å². The summed E-state index contributed by atoms with van der Waals surface area (Å²) < 4.78 is 5.09. The van der Waals surface area contributed by atoms with Crippen molar-refractivity contribution in [3.63, 3.8) is 0 Å². The Morgan fingerprint density at radius 1 is 1.24 bits per heavy atom. The van der Waals surface area contributed by atoms with Gasteiger partial charge in [-0.15, -0.1) is 0 Å². The molecule has 0 amide bonds. The second-order valence-corrected chi connectivity index (χ2v) is 3.25. The first-order valence-corrected chi connectivity index (χ1v) is 4.75. The smallest absolute Gasteiger partial charge is 0.259 e. The molecule has 0 fully saturated rings. The molecule has 0 aliphatic carbocycles. The average Bonchev–Trinajstić information content (AvgIpc) is 3.00. The fourth-order valence-electron chi connectivity index (χ4n) is 1.29. The van der Waals surface area contributed by atoms with Crippen LogP contribution in [0.25, 0.3) is 23.0 Å². The zero-order valence-electron chi connectivity index (χ0n) is 8.53. The lowest BCUT2D eigenvalue weighted by atomic mass is 10.3. The standard InChI is InChI=1S/C9H7N7O/c10-7-2-1-5(3-11-7)9-13-8(15-17-9)6-4-12-16-14-6/h1-4H,(H2,10,11)(H,12,14,16). The Labute approximate surface area is 94.9 Å². The van der Waals surface area contributed by atoms with Crippen molar-refractivity contribution in [2.75, 3.05) is 5.73 Å². The minimum absolute atomic E-state index is 0.357. The SMILES string of the molecule is Nc1ccc(-c2nc(-c3cn[nH]n3)no2)cn1. The van der Waals surface area contributed by atoms with Crippen LogP contribution in [0.3, 0.4) is 0 Å². The molecular formula is C9H7N7O. The van der Waals surface area contributed by atoms with Crippen LogP contribution < -0.4 is 5.73 Å². The minimum atomic E-state index is 0.357. The number of hydrogen-bond acceptors (Lipinski definition) is 7. The molecule has 3 aromatic rings. The topological polar surface area (TPSA) is 119 Å². The first-order chi connectivity index (χ1) is 8.33. The summed E-state index contributed by atoms with van der Waals surface area (Å²) in [6, 6.07) is 3.41. The third kappa shape index (κ3) is 1.71. The van der Waals surface area contributed by atoms with Gasteiger partial charge in [0.15, 0.2) is 5.69 Å². The molecule has 3 N–H and O–H groups in total. The first-order valence-electron chi connectivity index (χ1n) is 4.75. The quantitative estimate of drug-likeness (QED) is 0.656. The summed E-state index contributed by atoms with van der Waals surface area (Å²) >= 11 is 0. The zero-order valence-corrected chi connectivity index (χ0v) is 8.53. The lowest BCUT2D eigenvalue weighted by Gasteiger charge is -1.93. The van der Waals surface area contributed by atoms with Crippen molar-refractivity contribution in [1.82, 2.24) is 30.5 Å². The van der Waals surface area contributed by atoms with E-state index in [1.807, 2.05) is 0 Å². The van der Waals surface area contributed by atoms with E-state index in [9.17, 15) is 0 Å². The number of H-pyrrole nitrogens is 1. The number of hydrogen-bond donors (Lipinski definition) is 2. The Hall–Kier alpha value is -2.77. The van der Waals surface area contributed by atoms with Gasteiger partial charge in [0.1, 0.15) is 5.82 Å². The van der Waals surface area contributed by atoms with Crippen molar-refractivity contribution in [2.45, 2.75) is 0 Å². The van der Waals surface area contributed by atoms with Crippen molar-refractivity contribution in [1.29, 1.82) is 0 Å². The summed E-state index contributed by atoms with van der Waals surface area (Å²) in [5, 5.41) is 13.8. The largest absolute Gasteiger partial charge is 0.384 e. The van der Waals surface area contributed by atoms with Crippen molar-refractivity contribution in [3.8, 4) is 23.0 Å². The normalized spacial score (nSPS) is 10.6. The Kier molecular flexibility index (Phi) is 2.04. The molecule has 0 aliphatic rings. The molecule has 8 nitrogen and oxygen atoms in total. The van der Waals surface area contributed by atoms with Crippen molar-refractivity contribution in [2.24, 2.45) is 0 Å². The summed E-state index contributed by atoms with van der Waals surface area (Å²) in [5.41, 5.74) is 6.70. The van der Waals surface area contributed by atoms with Crippen LogP contribution in [-0.4, -0.2) is 30.5 Å². The maximum Gasteiger partial charge on any atom is 0.259 e. The average molecular weight is 229 g/mol. The first kappa shape index (κ1) is 9.46. The van der Waals surface area contributed by atoms with Crippen LogP contribution in [0.5, 0.6) is 0 Å². The molecule has 0 saturated heterocycles. The molecule has 0 atom stereocenters. The number of pyridine rings is 1. The fraction of sp³-hybridized carbons (Fsp3) is 0. The van der Waals surface area contributed by atoms with Gasteiger partial charge in [0.05, 0.1) is 11.8 Å². The Morgan fingerprint density at radius 3 is 2.88 bits per heavy atom. The minimum Gasteiger partial charge on any atom is -0.384 e. The third-order valence-corrected chi connectivity index (χ3v) is 2.10. The van der Waals surface area contributed by atoms with Crippen LogP contribution in [-0.2, 0) is 0 Å². The van der Waals surface area contributed by atoms with Crippen LogP contribution in [0.1, 0.15) is 0 Å². The van der Waals surface area contributed by atoms with Gasteiger partial charge in [-0.25, -0.2) is 4.98 Å². The van der Waals surface area contributed by atoms with Crippen LogP contribution >= 0.6 is 0 Å². The molecular weight excluding hydrogens is 222 g/mol. The van der Waals surface area contributed by atoms with Gasteiger partial charge in [0, 0.05) is 6.20 Å². The van der Waals surface area contributed by atoms with Crippen LogP contribution in [0, 0.1) is 0 Å². The number of aromatic nitrogens is 6. The number of aromatic amines is 1. The second kappa shape index (κ2) is 3.67. The van der Waals surface area contributed by atoms with Crippen LogP contribution in [0.2, 0.25) is 0 Å². The Balaban J connectivity index is 1.98. The van der Waals surface area contributed by atoms with E-state index < -0.39 is 0 Å². The van der Waals surface area contributed by atoms with E-state index >= 15 is 0 Å². The molecule has 0 unspecified atom stereocenters. The molecule has 84 valence electrons. The van der Waals surface area contributed by atoms with E-state index in [0.717, 1.165) is 0 Å². The predicted molar refractivity (Wildman–Crippen MR) is 57.3 cm³/mol. The van der Waals surface area contributed by atoms with E-state index in [2.05, 4.69) is 30.5 Å². The van der Waals surface area contributed by atoms with E-state index in [1.54, 1.807) is 18.3 Å². The lowest BCUT2D eigenvalue weighted by Crippen LogP contribution is -1.89. The molecule has 3 rings (SSSR count). The second-order valence-electron chi connectivity index (χ2n) is 3.25. The number of nitrogen functional groups attached to an aromatic ring is 1. The number of nitrogens with two attached hydrogens (primary N) is 1. The van der Waals surface area contributed by atoms with Crippen molar-refractivity contribution in [3.05, 3.63) is 24.5 Å². The van der Waals surface area contributed by atoms with E-state index in [1.165, 1.54) is 6.20 Å². The molecule has 0 aliphatic heterocycles. The molecule has 3 heterocycles. The highest BCUT2D eigenvalue weighted by atomic mass is 16.5. The van der Waals surface area contributed by atoms with E-state index in [0.29, 0.717) is 28.8 Å². The summed E-state index contributed by atoms with van der Waals surface area (Å²) in [5.74, 6) is 1.16. The highest BCUT2D eigenvalue weighted by Crippen LogP contribution is 2.19. The predicted octanol–water partition coefficient (Wildman–Crippen LogP) is 0.499. The monoisotopic (exact) mass is 229 g/mol. The van der Waals surface area contributed by atoms with Gasteiger partial charge >= 0.3 is 0 Å². The van der Waals surface area contributed by atoms with Crippen LogP contribution in [0.4, 0.5) is 5.82 Å². The molecule has 0 radical (unpaired) electrons. The van der Waals surface area contributed by atoms with Crippen LogP contribution in [0.15, 0.2) is 29.0 Å². The van der Waals surface area contributed by atoms with Crippen molar-refractivity contribution < 1.29 is 4.52 Å². The van der Waals surface area contributed by atoms with Gasteiger partial charge < -0.3 is 10.3 Å². The molecule has 0 spiro atoms. The third-order valence-electron chi connectivity index (χ3n) is 2.10. The van der Waals surface area contributed by atoms with Gasteiger partial charge in [0.2, 0.25) is 5.82 Å². The van der Waals surface area contributed by atoms with E-state index in [4.69, 9.17) is 10.3 Å². The van der Waals surface area contributed by atoms with Gasteiger partial charge in [-0.1, -0.05) is 5.16 Å². The number of anilines is 1. The highest BCUT2D eigenvalue weighted by Gasteiger charge is 2.12. The van der Waals surface area contributed by atoms with Gasteiger partial charge in [-0.2, -0.15) is 20.4 Å². The maximum absolute atomic E-state index is 5.49. The Bertz CT molecular complexity index is 613. The summed E-state index contributed by atoms with van der Waals surface area (Å²) in [6.45, 7) is 0. The molecule has 8 heteroatoms. The molecule has 0 bridgehead atoms. The zero-order chi connectivity index (χ0) is 11.7.